The maximum atomic E-state index is 9.04. The van der Waals surface area contributed by atoms with Gasteiger partial charge in [-0.05, 0) is 31.1 Å². The summed E-state index contributed by atoms with van der Waals surface area (Å²) in [6.45, 7) is 2.18. The summed E-state index contributed by atoms with van der Waals surface area (Å²) in [6, 6.07) is 6.45. The summed E-state index contributed by atoms with van der Waals surface area (Å²) in [5.41, 5.74) is 7.70. The van der Waals surface area contributed by atoms with Crippen LogP contribution in [0.4, 0.5) is 5.69 Å². The number of oxime groups is 1. The van der Waals surface area contributed by atoms with Crippen molar-refractivity contribution in [2.45, 2.75) is 24.3 Å². The van der Waals surface area contributed by atoms with Gasteiger partial charge < -0.3 is 15.8 Å². The van der Waals surface area contributed by atoms with Crippen LogP contribution in [0.2, 0.25) is 0 Å². The fourth-order valence-corrected chi connectivity index (χ4v) is 3.66. The van der Waals surface area contributed by atoms with Gasteiger partial charge in [0.05, 0.1) is 5.56 Å². The van der Waals surface area contributed by atoms with Crippen molar-refractivity contribution in [3.05, 3.63) is 23.8 Å². The van der Waals surface area contributed by atoms with Crippen LogP contribution in [-0.2, 0) is 0 Å². The highest BCUT2D eigenvalue weighted by atomic mass is 32.2. The van der Waals surface area contributed by atoms with E-state index in [9.17, 15) is 0 Å². The van der Waals surface area contributed by atoms with E-state index < -0.39 is 0 Å². The molecular formula is C14H23N3OS2. The third-order valence-corrected chi connectivity index (χ3v) is 4.84. The molecule has 4 nitrogen and oxygen atoms in total. The zero-order chi connectivity index (χ0) is 15.1. The van der Waals surface area contributed by atoms with Gasteiger partial charge in [0.2, 0.25) is 0 Å². The molecule has 1 aromatic rings. The first kappa shape index (κ1) is 17.0. The van der Waals surface area contributed by atoms with Crippen LogP contribution in [0.5, 0.6) is 0 Å². The minimum Gasteiger partial charge on any atom is -0.409 e. The SMILES string of the molecule is CCC(CSC)N(C)c1cccc(SC)c1/C(N)=N/O. The first-order valence-corrected chi connectivity index (χ1v) is 9.09. The molecule has 0 heterocycles. The molecule has 1 aromatic carbocycles. The van der Waals surface area contributed by atoms with E-state index in [-0.39, 0.29) is 5.84 Å². The van der Waals surface area contributed by atoms with E-state index in [1.807, 2.05) is 36.2 Å². The number of benzene rings is 1. The number of thioether (sulfide) groups is 2. The van der Waals surface area contributed by atoms with Crippen LogP contribution in [0.1, 0.15) is 18.9 Å². The van der Waals surface area contributed by atoms with Crippen LogP contribution in [0.25, 0.3) is 0 Å². The van der Waals surface area contributed by atoms with Crippen LogP contribution < -0.4 is 10.6 Å². The topological polar surface area (TPSA) is 61.8 Å². The van der Waals surface area contributed by atoms with Crippen LogP contribution in [0.3, 0.4) is 0 Å². The van der Waals surface area contributed by atoms with E-state index >= 15 is 0 Å². The van der Waals surface area contributed by atoms with Gasteiger partial charge in [0, 0.05) is 29.4 Å². The average molecular weight is 313 g/mol. The molecule has 0 radical (unpaired) electrons. The highest BCUT2D eigenvalue weighted by Crippen LogP contribution is 2.30. The van der Waals surface area contributed by atoms with Gasteiger partial charge in [0.1, 0.15) is 0 Å². The van der Waals surface area contributed by atoms with E-state index in [4.69, 9.17) is 10.9 Å². The third-order valence-electron chi connectivity index (χ3n) is 3.35. The van der Waals surface area contributed by atoms with Crippen molar-refractivity contribution in [1.29, 1.82) is 0 Å². The number of hydrogen-bond acceptors (Lipinski definition) is 5. The van der Waals surface area contributed by atoms with E-state index in [1.165, 1.54) is 0 Å². The summed E-state index contributed by atoms with van der Waals surface area (Å²) >= 11 is 3.43. The van der Waals surface area contributed by atoms with Crippen molar-refractivity contribution in [3.8, 4) is 0 Å². The fraction of sp³-hybridized carbons (Fsp3) is 0.500. The maximum absolute atomic E-state index is 9.04. The number of rotatable bonds is 7. The quantitative estimate of drug-likeness (QED) is 0.266. The smallest absolute Gasteiger partial charge is 0.173 e. The lowest BCUT2D eigenvalue weighted by Crippen LogP contribution is -2.35. The number of nitrogens with two attached hydrogens (primary N) is 1. The molecule has 0 aliphatic carbocycles. The zero-order valence-corrected chi connectivity index (χ0v) is 14.1. The van der Waals surface area contributed by atoms with Crippen molar-refractivity contribution >= 4 is 35.0 Å². The lowest BCUT2D eigenvalue weighted by molar-refractivity contribution is 0.318. The van der Waals surface area contributed by atoms with E-state index in [0.29, 0.717) is 6.04 Å². The Labute approximate surface area is 129 Å². The molecule has 20 heavy (non-hydrogen) atoms. The Balaban J connectivity index is 3.29. The number of hydrogen-bond donors (Lipinski definition) is 2. The summed E-state index contributed by atoms with van der Waals surface area (Å²) in [5, 5.41) is 12.2. The molecule has 1 unspecified atom stereocenters. The molecule has 3 N–H and O–H groups in total. The lowest BCUT2D eigenvalue weighted by Gasteiger charge is -2.31. The van der Waals surface area contributed by atoms with Crippen LogP contribution in [-0.4, -0.2) is 42.4 Å². The normalized spacial score (nSPS) is 13.3. The summed E-state index contributed by atoms with van der Waals surface area (Å²) in [7, 11) is 2.07. The molecule has 0 amide bonds. The standard InChI is InChI=1S/C14H23N3OS2/c1-5-10(9-19-3)17(2)11-7-6-8-12(20-4)13(11)14(15)16-18/h6-8,10,18H,5,9H2,1-4H3,(H2,15,16). The summed E-state index contributed by atoms with van der Waals surface area (Å²) in [4.78, 5) is 3.24. The molecule has 1 atom stereocenters. The molecule has 0 aliphatic heterocycles. The van der Waals surface area contributed by atoms with Crippen LogP contribution in [0, 0.1) is 0 Å². The van der Waals surface area contributed by atoms with Crippen LogP contribution in [0.15, 0.2) is 28.3 Å². The molecule has 6 heteroatoms. The highest BCUT2D eigenvalue weighted by molar-refractivity contribution is 7.98. The Morgan fingerprint density at radius 2 is 2.15 bits per heavy atom. The van der Waals surface area contributed by atoms with Gasteiger partial charge in [0.15, 0.2) is 5.84 Å². The molecule has 0 saturated heterocycles. The summed E-state index contributed by atoms with van der Waals surface area (Å²) in [5.74, 6) is 1.21. The Morgan fingerprint density at radius 1 is 1.45 bits per heavy atom. The molecule has 112 valence electrons. The largest absolute Gasteiger partial charge is 0.409 e. The van der Waals surface area contributed by atoms with Crippen molar-refractivity contribution in [2.75, 3.05) is 30.2 Å². The van der Waals surface area contributed by atoms with E-state index in [1.54, 1.807) is 11.8 Å². The maximum Gasteiger partial charge on any atom is 0.173 e. The zero-order valence-electron chi connectivity index (χ0n) is 12.5. The van der Waals surface area contributed by atoms with E-state index in [0.717, 1.165) is 28.3 Å². The van der Waals surface area contributed by atoms with Gasteiger partial charge in [-0.15, -0.1) is 11.8 Å². The predicted molar refractivity (Wildman–Crippen MR) is 91.6 cm³/mol. The Bertz CT molecular complexity index is 466. The van der Waals surface area contributed by atoms with Gasteiger partial charge in [-0.1, -0.05) is 18.1 Å². The molecule has 0 fully saturated rings. The molecule has 0 aliphatic rings. The number of anilines is 1. The Morgan fingerprint density at radius 3 is 2.65 bits per heavy atom. The van der Waals surface area contributed by atoms with Gasteiger partial charge >= 0.3 is 0 Å². The van der Waals surface area contributed by atoms with Gasteiger partial charge in [-0.25, -0.2) is 0 Å². The molecule has 0 aromatic heterocycles. The Hall–Kier alpha value is -1.01. The Kier molecular flexibility index (Phi) is 7.09. The van der Waals surface area contributed by atoms with Crippen molar-refractivity contribution < 1.29 is 5.21 Å². The van der Waals surface area contributed by atoms with Crippen LogP contribution >= 0.6 is 23.5 Å². The van der Waals surface area contributed by atoms with Gasteiger partial charge in [-0.2, -0.15) is 11.8 Å². The molecule has 0 spiro atoms. The molecule has 0 bridgehead atoms. The number of nitrogens with zero attached hydrogens (tertiary/aromatic N) is 2. The summed E-state index contributed by atoms with van der Waals surface area (Å²) < 4.78 is 0. The number of amidine groups is 1. The molecule has 1 rings (SSSR count). The van der Waals surface area contributed by atoms with Gasteiger partial charge in [-0.3, -0.25) is 0 Å². The second kappa shape index (κ2) is 8.32. The minimum absolute atomic E-state index is 0.163. The van der Waals surface area contributed by atoms with Crippen molar-refractivity contribution in [3.63, 3.8) is 0 Å². The lowest BCUT2D eigenvalue weighted by atomic mass is 10.1. The third kappa shape index (κ3) is 3.76. The predicted octanol–water partition coefficient (Wildman–Crippen LogP) is 3.08. The minimum atomic E-state index is 0.163. The average Bonchev–Trinajstić information content (AvgIpc) is 2.50. The van der Waals surface area contributed by atoms with Gasteiger partial charge in [0.25, 0.3) is 0 Å². The van der Waals surface area contributed by atoms with E-state index in [2.05, 4.69) is 30.3 Å². The molecule has 0 saturated carbocycles. The first-order chi connectivity index (χ1) is 9.60. The summed E-state index contributed by atoms with van der Waals surface area (Å²) in [6.07, 6.45) is 5.15. The van der Waals surface area contributed by atoms with Crippen molar-refractivity contribution in [2.24, 2.45) is 10.9 Å². The molecular weight excluding hydrogens is 290 g/mol. The van der Waals surface area contributed by atoms with Crippen molar-refractivity contribution in [1.82, 2.24) is 0 Å². The highest BCUT2D eigenvalue weighted by Gasteiger charge is 2.20. The fourth-order valence-electron chi connectivity index (χ4n) is 2.18. The second-order valence-electron chi connectivity index (χ2n) is 4.47. The second-order valence-corrected chi connectivity index (χ2v) is 6.23. The monoisotopic (exact) mass is 313 g/mol. The first-order valence-electron chi connectivity index (χ1n) is 6.47.